The molecule has 18 heavy (non-hydrogen) atoms. The van der Waals surface area contributed by atoms with Gasteiger partial charge in [-0.1, -0.05) is 6.07 Å². The summed E-state index contributed by atoms with van der Waals surface area (Å²) in [5.41, 5.74) is 1.37. The van der Waals surface area contributed by atoms with Crippen LogP contribution in [-0.4, -0.2) is 32.0 Å². The lowest BCUT2D eigenvalue weighted by atomic mass is 10.2. The van der Waals surface area contributed by atoms with Crippen molar-refractivity contribution in [2.75, 3.05) is 0 Å². The fourth-order valence-corrected chi connectivity index (χ4v) is 1.68. The van der Waals surface area contributed by atoms with Crippen LogP contribution in [0.25, 0.3) is 0 Å². The van der Waals surface area contributed by atoms with Crippen LogP contribution in [0.5, 0.6) is 0 Å². The number of nitrogens with zero attached hydrogens (tertiary/aromatic N) is 3. The van der Waals surface area contributed by atoms with E-state index in [1.807, 2.05) is 32.0 Å². The Bertz CT molecular complexity index is 493. The number of hydrogen-bond acceptors (Lipinski definition) is 3. The molecule has 0 fully saturated rings. The number of hydrogen-bond donors (Lipinski definition) is 1. The molecule has 94 valence electrons. The zero-order chi connectivity index (χ0) is 13.0. The van der Waals surface area contributed by atoms with E-state index in [4.69, 9.17) is 0 Å². The van der Waals surface area contributed by atoms with Gasteiger partial charge in [-0.25, -0.2) is 0 Å². The molecule has 5 heteroatoms. The van der Waals surface area contributed by atoms with Gasteiger partial charge in [-0.05, 0) is 32.0 Å². The summed E-state index contributed by atoms with van der Waals surface area (Å²) in [5.74, 6) is -0.0619. The lowest BCUT2D eigenvalue weighted by Crippen LogP contribution is -2.36. The number of carbonyl (C=O) groups is 1. The van der Waals surface area contributed by atoms with Gasteiger partial charge in [-0.3, -0.25) is 14.9 Å². The Morgan fingerprint density at radius 3 is 2.72 bits per heavy atom. The fourth-order valence-electron chi connectivity index (χ4n) is 1.68. The first-order chi connectivity index (χ1) is 8.68. The van der Waals surface area contributed by atoms with E-state index < -0.39 is 0 Å². The highest BCUT2D eigenvalue weighted by atomic mass is 16.2. The van der Waals surface area contributed by atoms with Gasteiger partial charge in [0.1, 0.15) is 5.69 Å². The average molecular weight is 244 g/mol. The molecule has 2 aromatic rings. The van der Waals surface area contributed by atoms with E-state index in [1.54, 1.807) is 23.4 Å². The van der Waals surface area contributed by atoms with Gasteiger partial charge in [0.05, 0.1) is 12.2 Å². The highest BCUT2D eigenvalue weighted by Gasteiger charge is 2.20. The molecule has 0 bridgehead atoms. The van der Waals surface area contributed by atoms with Crippen LogP contribution in [0.4, 0.5) is 0 Å². The third-order valence-corrected chi connectivity index (χ3v) is 2.67. The van der Waals surface area contributed by atoms with Crippen LogP contribution in [-0.2, 0) is 6.54 Å². The lowest BCUT2D eigenvalue weighted by Gasteiger charge is -2.25. The van der Waals surface area contributed by atoms with E-state index in [1.165, 1.54) is 0 Å². The standard InChI is InChI=1S/C13H16N4O/c1-10(2)17(9-11-5-3-4-7-14-11)13(18)12-6-8-15-16-12/h3-8,10H,9H2,1-2H3,(H,15,16). The van der Waals surface area contributed by atoms with Crippen molar-refractivity contribution < 1.29 is 4.79 Å². The Balaban J connectivity index is 2.17. The van der Waals surface area contributed by atoms with Gasteiger partial charge in [-0.15, -0.1) is 0 Å². The summed E-state index contributed by atoms with van der Waals surface area (Å²) in [5, 5.41) is 6.50. The van der Waals surface area contributed by atoms with Crippen molar-refractivity contribution in [3.8, 4) is 0 Å². The highest BCUT2D eigenvalue weighted by molar-refractivity contribution is 5.92. The van der Waals surface area contributed by atoms with Gasteiger partial charge in [0, 0.05) is 18.4 Å². The van der Waals surface area contributed by atoms with E-state index in [9.17, 15) is 4.79 Å². The van der Waals surface area contributed by atoms with Crippen LogP contribution in [0.3, 0.4) is 0 Å². The first kappa shape index (κ1) is 12.3. The molecule has 2 aromatic heterocycles. The van der Waals surface area contributed by atoms with Gasteiger partial charge in [0.2, 0.25) is 0 Å². The van der Waals surface area contributed by atoms with Crippen molar-refractivity contribution in [1.82, 2.24) is 20.1 Å². The monoisotopic (exact) mass is 244 g/mol. The smallest absolute Gasteiger partial charge is 0.272 e. The number of nitrogens with one attached hydrogen (secondary N) is 1. The number of rotatable bonds is 4. The first-order valence-corrected chi connectivity index (χ1v) is 5.88. The second kappa shape index (κ2) is 5.44. The Kier molecular flexibility index (Phi) is 3.72. The Morgan fingerprint density at radius 1 is 1.33 bits per heavy atom. The normalized spacial score (nSPS) is 10.6. The number of pyridine rings is 1. The Morgan fingerprint density at radius 2 is 2.17 bits per heavy atom. The third kappa shape index (κ3) is 2.74. The largest absolute Gasteiger partial charge is 0.329 e. The summed E-state index contributed by atoms with van der Waals surface area (Å²) in [7, 11) is 0. The molecule has 1 N–H and O–H groups in total. The van der Waals surface area contributed by atoms with Crippen LogP contribution in [0, 0.1) is 0 Å². The molecular weight excluding hydrogens is 228 g/mol. The van der Waals surface area contributed by atoms with Crippen molar-refractivity contribution in [3.63, 3.8) is 0 Å². The number of aromatic nitrogens is 3. The maximum Gasteiger partial charge on any atom is 0.272 e. The first-order valence-electron chi connectivity index (χ1n) is 5.88. The SMILES string of the molecule is CC(C)N(Cc1ccccn1)C(=O)c1ccn[nH]1. The van der Waals surface area contributed by atoms with Crippen LogP contribution >= 0.6 is 0 Å². The molecule has 0 saturated carbocycles. The van der Waals surface area contributed by atoms with Crippen molar-refractivity contribution in [2.45, 2.75) is 26.4 Å². The zero-order valence-electron chi connectivity index (χ0n) is 10.5. The summed E-state index contributed by atoms with van der Waals surface area (Å²) < 4.78 is 0. The molecule has 5 nitrogen and oxygen atoms in total. The predicted octanol–water partition coefficient (Wildman–Crippen LogP) is 1.86. The van der Waals surface area contributed by atoms with E-state index >= 15 is 0 Å². The van der Waals surface area contributed by atoms with Crippen molar-refractivity contribution in [2.24, 2.45) is 0 Å². The molecule has 0 saturated heterocycles. The lowest BCUT2D eigenvalue weighted by molar-refractivity contribution is 0.0681. The van der Waals surface area contributed by atoms with Crippen molar-refractivity contribution in [3.05, 3.63) is 48.0 Å². The third-order valence-electron chi connectivity index (χ3n) is 2.67. The summed E-state index contributed by atoms with van der Waals surface area (Å²) >= 11 is 0. The van der Waals surface area contributed by atoms with E-state index in [-0.39, 0.29) is 11.9 Å². The number of H-pyrrole nitrogens is 1. The second-order valence-corrected chi connectivity index (χ2v) is 4.32. The van der Waals surface area contributed by atoms with Gasteiger partial charge in [0.15, 0.2) is 0 Å². The predicted molar refractivity (Wildman–Crippen MR) is 67.8 cm³/mol. The molecule has 2 heterocycles. The molecule has 0 aliphatic rings. The van der Waals surface area contributed by atoms with Crippen LogP contribution < -0.4 is 0 Å². The molecule has 0 aliphatic heterocycles. The molecule has 0 aliphatic carbocycles. The number of amides is 1. The molecule has 1 amide bonds. The quantitative estimate of drug-likeness (QED) is 0.892. The van der Waals surface area contributed by atoms with Gasteiger partial charge in [-0.2, -0.15) is 5.10 Å². The summed E-state index contributed by atoms with van der Waals surface area (Å²) in [4.78, 5) is 18.3. The molecule has 2 rings (SSSR count). The van der Waals surface area contributed by atoms with Crippen LogP contribution in [0.1, 0.15) is 30.0 Å². The van der Waals surface area contributed by atoms with Crippen LogP contribution in [0.2, 0.25) is 0 Å². The number of carbonyl (C=O) groups excluding carboxylic acids is 1. The molecule has 0 spiro atoms. The fraction of sp³-hybridized carbons (Fsp3) is 0.308. The molecule has 0 radical (unpaired) electrons. The summed E-state index contributed by atoms with van der Waals surface area (Å²) in [6.45, 7) is 4.46. The maximum atomic E-state index is 12.3. The minimum atomic E-state index is -0.0619. The van der Waals surface area contributed by atoms with Crippen LogP contribution in [0.15, 0.2) is 36.7 Å². The second-order valence-electron chi connectivity index (χ2n) is 4.32. The number of aromatic amines is 1. The molecular formula is C13H16N4O. The molecule has 0 unspecified atom stereocenters. The van der Waals surface area contributed by atoms with E-state index in [0.717, 1.165) is 5.69 Å². The summed E-state index contributed by atoms with van der Waals surface area (Å²) in [6.07, 6.45) is 3.31. The highest BCUT2D eigenvalue weighted by Crippen LogP contribution is 2.10. The zero-order valence-corrected chi connectivity index (χ0v) is 10.5. The minimum absolute atomic E-state index is 0.0619. The Hall–Kier alpha value is -2.17. The van der Waals surface area contributed by atoms with Gasteiger partial charge in [0.25, 0.3) is 5.91 Å². The van der Waals surface area contributed by atoms with Crippen molar-refractivity contribution >= 4 is 5.91 Å². The Labute approximate surface area is 106 Å². The average Bonchev–Trinajstić information content (AvgIpc) is 2.90. The summed E-state index contributed by atoms with van der Waals surface area (Å²) in [6, 6.07) is 7.47. The van der Waals surface area contributed by atoms with E-state index in [2.05, 4.69) is 15.2 Å². The minimum Gasteiger partial charge on any atom is -0.329 e. The maximum absolute atomic E-state index is 12.3. The van der Waals surface area contributed by atoms with E-state index in [0.29, 0.717) is 12.2 Å². The van der Waals surface area contributed by atoms with Gasteiger partial charge < -0.3 is 4.90 Å². The van der Waals surface area contributed by atoms with Gasteiger partial charge >= 0.3 is 0 Å². The topological polar surface area (TPSA) is 61.9 Å². The van der Waals surface area contributed by atoms with Crippen molar-refractivity contribution in [1.29, 1.82) is 0 Å². The molecule has 0 aromatic carbocycles. The molecule has 0 atom stereocenters.